The normalized spacial score (nSPS) is 11.0. The van der Waals surface area contributed by atoms with E-state index < -0.39 is 0 Å². The van der Waals surface area contributed by atoms with Crippen LogP contribution in [0.4, 0.5) is 5.69 Å². The zero-order chi connectivity index (χ0) is 14.2. The van der Waals surface area contributed by atoms with Gasteiger partial charge in [-0.1, -0.05) is 54.6 Å². The first-order valence-corrected chi connectivity index (χ1v) is 6.95. The molecule has 0 aliphatic rings. The Bertz CT molecular complexity index is 952. The fraction of sp³-hybridized carbons (Fsp3) is 0. The average Bonchev–Trinajstić information content (AvgIpc) is 2.55. The van der Waals surface area contributed by atoms with Gasteiger partial charge in [0.15, 0.2) is 0 Å². The number of nitrogen functional groups attached to an aromatic ring is 1. The molecule has 0 aliphatic heterocycles. The summed E-state index contributed by atoms with van der Waals surface area (Å²) in [6.45, 7) is 0. The Morgan fingerprint density at radius 1 is 0.619 bits per heavy atom. The molecule has 0 fully saturated rings. The smallest absolute Gasteiger partial charge is 0.0394 e. The zero-order valence-corrected chi connectivity index (χ0v) is 11.5. The highest BCUT2D eigenvalue weighted by Gasteiger charge is 2.09. The van der Waals surface area contributed by atoms with E-state index in [9.17, 15) is 0 Å². The first-order valence-electron chi connectivity index (χ1n) is 6.95. The molecule has 3 aromatic carbocycles. The Kier molecular flexibility index (Phi) is 2.61. The topological polar surface area (TPSA) is 38.9 Å². The van der Waals surface area contributed by atoms with Crippen molar-refractivity contribution in [2.24, 2.45) is 0 Å². The summed E-state index contributed by atoms with van der Waals surface area (Å²) in [5.74, 6) is 0. The molecule has 0 saturated heterocycles. The average molecular weight is 270 g/mol. The van der Waals surface area contributed by atoms with Crippen LogP contribution in [0.1, 0.15) is 0 Å². The van der Waals surface area contributed by atoms with E-state index in [-0.39, 0.29) is 0 Å². The Morgan fingerprint density at radius 2 is 1.33 bits per heavy atom. The summed E-state index contributed by atoms with van der Waals surface area (Å²) >= 11 is 0. The lowest BCUT2D eigenvalue weighted by molar-refractivity contribution is 1.36. The van der Waals surface area contributed by atoms with Crippen molar-refractivity contribution in [2.45, 2.75) is 0 Å². The number of aromatic nitrogens is 1. The molecule has 1 aromatic heterocycles. The lowest BCUT2D eigenvalue weighted by Gasteiger charge is -2.11. The van der Waals surface area contributed by atoms with Gasteiger partial charge in [0.05, 0.1) is 0 Å². The molecule has 0 unspecified atom stereocenters. The molecule has 100 valence electrons. The number of hydrogen-bond acceptors (Lipinski definition) is 2. The summed E-state index contributed by atoms with van der Waals surface area (Å²) in [5.41, 5.74) is 9.22. The lowest BCUT2D eigenvalue weighted by atomic mass is 9.95. The predicted octanol–water partition coefficient (Wildman–Crippen LogP) is 4.64. The van der Waals surface area contributed by atoms with E-state index in [0.717, 1.165) is 27.4 Å². The number of anilines is 1. The van der Waals surface area contributed by atoms with Crippen LogP contribution in [-0.2, 0) is 0 Å². The Hall–Kier alpha value is -2.87. The van der Waals surface area contributed by atoms with Gasteiger partial charge in [0.1, 0.15) is 0 Å². The van der Waals surface area contributed by atoms with Crippen molar-refractivity contribution in [3.05, 3.63) is 73.1 Å². The Balaban J connectivity index is 2.13. The van der Waals surface area contributed by atoms with Gasteiger partial charge in [-0.15, -0.1) is 0 Å². The number of benzene rings is 3. The minimum atomic E-state index is 0.808. The second kappa shape index (κ2) is 4.60. The molecule has 1 heterocycles. The molecule has 2 N–H and O–H groups in total. The Labute approximate surface area is 122 Å². The van der Waals surface area contributed by atoms with Crippen molar-refractivity contribution < 1.29 is 0 Å². The van der Waals surface area contributed by atoms with Gasteiger partial charge < -0.3 is 5.73 Å². The molecule has 0 spiro atoms. The Morgan fingerprint density at radius 3 is 2.19 bits per heavy atom. The van der Waals surface area contributed by atoms with Gasteiger partial charge in [-0.2, -0.15) is 0 Å². The van der Waals surface area contributed by atoms with E-state index >= 15 is 0 Å². The third-order valence-electron chi connectivity index (χ3n) is 3.92. The maximum Gasteiger partial charge on any atom is 0.0394 e. The van der Waals surface area contributed by atoms with Gasteiger partial charge in [-0.05, 0) is 22.4 Å². The molecule has 2 nitrogen and oxygen atoms in total. The number of hydrogen-bond donors (Lipinski definition) is 1. The minimum Gasteiger partial charge on any atom is -0.398 e. The second-order valence-corrected chi connectivity index (χ2v) is 5.16. The first kappa shape index (κ1) is 11.9. The van der Waals surface area contributed by atoms with Crippen molar-refractivity contribution in [1.82, 2.24) is 4.98 Å². The molecule has 0 aliphatic carbocycles. The highest BCUT2D eigenvalue weighted by molar-refractivity contribution is 6.08. The minimum absolute atomic E-state index is 0.808. The van der Waals surface area contributed by atoms with Gasteiger partial charge in [0.2, 0.25) is 0 Å². The van der Waals surface area contributed by atoms with Gasteiger partial charge in [0, 0.05) is 34.4 Å². The van der Waals surface area contributed by atoms with E-state index in [2.05, 4.69) is 41.4 Å². The standard InChI is InChI=1S/C19H14N2/c20-19-10-9-16(15-7-3-4-8-17(15)19)18-12-21-11-13-5-1-2-6-14(13)18/h1-12H,20H2. The molecule has 4 rings (SSSR count). The molecule has 21 heavy (non-hydrogen) atoms. The second-order valence-electron chi connectivity index (χ2n) is 5.16. The molecule has 0 saturated carbocycles. The summed E-state index contributed by atoms with van der Waals surface area (Å²) in [6.07, 6.45) is 3.83. The van der Waals surface area contributed by atoms with E-state index in [1.165, 1.54) is 10.9 Å². The van der Waals surface area contributed by atoms with Crippen LogP contribution in [0.3, 0.4) is 0 Å². The fourth-order valence-electron chi connectivity index (χ4n) is 2.89. The van der Waals surface area contributed by atoms with E-state index in [4.69, 9.17) is 5.73 Å². The maximum atomic E-state index is 6.10. The van der Waals surface area contributed by atoms with Gasteiger partial charge in [-0.25, -0.2) is 0 Å². The number of pyridine rings is 1. The first-order chi connectivity index (χ1) is 10.3. The van der Waals surface area contributed by atoms with Crippen LogP contribution in [0.15, 0.2) is 73.1 Å². The monoisotopic (exact) mass is 270 g/mol. The zero-order valence-electron chi connectivity index (χ0n) is 11.5. The largest absolute Gasteiger partial charge is 0.398 e. The number of nitrogens with two attached hydrogens (primary N) is 1. The van der Waals surface area contributed by atoms with Crippen molar-refractivity contribution >= 4 is 27.2 Å². The maximum absolute atomic E-state index is 6.10. The third-order valence-corrected chi connectivity index (χ3v) is 3.92. The molecular formula is C19H14N2. The van der Waals surface area contributed by atoms with Crippen LogP contribution >= 0.6 is 0 Å². The summed E-state index contributed by atoms with van der Waals surface area (Å²) < 4.78 is 0. The van der Waals surface area contributed by atoms with Gasteiger partial charge in [0.25, 0.3) is 0 Å². The van der Waals surface area contributed by atoms with Crippen molar-refractivity contribution in [3.8, 4) is 11.1 Å². The summed E-state index contributed by atoms with van der Waals surface area (Å²) in [7, 11) is 0. The van der Waals surface area contributed by atoms with Gasteiger partial charge in [-0.3, -0.25) is 4.98 Å². The molecule has 0 radical (unpaired) electrons. The van der Waals surface area contributed by atoms with Crippen LogP contribution in [0, 0.1) is 0 Å². The fourth-order valence-corrected chi connectivity index (χ4v) is 2.89. The lowest BCUT2D eigenvalue weighted by Crippen LogP contribution is -1.90. The summed E-state index contributed by atoms with van der Waals surface area (Å²) in [6, 6.07) is 20.6. The van der Waals surface area contributed by atoms with E-state index in [0.29, 0.717) is 0 Å². The van der Waals surface area contributed by atoms with Crippen LogP contribution in [0.25, 0.3) is 32.7 Å². The number of nitrogens with zero attached hydrogens (tertiary/aromatic N) is 1. The van der Waals surface area contributed by atoms with Crippen molar-refractivity contribution in [2.75, 3.05) is 5.73 Å². The molecule has 0 amide bonds. The molecule has 4 aromatic rings. The predicted molar refractivity (Wildman–Crippen MR) is 89.1 cm³/mol. The van der Waals surface area contributed by atoms with Gasteiger partial charge >= 0.3 is 0 Å². The molecular weight excluding hydrogens is 256 g/mol. The van der Waals surface area contributed by atoms with E-state index in [1.807, 2.05) is 36.7 Å². The van der Waals surface area contributed by atoms with Crippen molar-refractivity contribution in [1.29, 1.82) is 0 Å². The highest BCUT2D eigenvalue weighted by atomic mass is 14.6. The van der Waals surface area contributed by atoms with Crippen LogP contribution in [0.2, 0.25) is 0 Å². The van der Waals surface area contributed by atoms with Crippen LogP contribution in [-0.4, -0.2) is 4.98 Å². The van der Waals surface area contributed by atoms with E-state index in [1.54, 1.807) is 0 Å². The molecule has 2 heteroatoms. The number of fused-ring (bicyclic) bond motifs is 2. The molecule has 0 atom stereocenters. The SMILES string of the molecule is Nc1ccc(-c2cncc3ccccc23)c2ccccc12. The highest BCUT2D eigenvalue weighted by Crippen LogP contribution is 2.35. The third kappa shape index (κ3) is 1.84. The summed E-state index contributed by atoms with van der Waals surface area (Å²) in [4.78, 5) is 4.39. The van der Waals surface area contributed by atoms with Crippen LogP contribution in [0.5, 0.6) is 0 Å². The van der Waals surface area contributed by atoms with Crippen molar-refractivity contribution in [3.63, 3.8) is 0 Å². The van der Waals surface area contributed by atoms with Crippen LogP contribution < -0.4 is 5.73 Å². The quantitative estimate of drug-likeness (QED) is 0.512. The molecule has 0 bridgehead atoms. The number of rotatable bonds is 1. The summed E-state index contributed by atoms with van der Waals surface area (Å²) in [5, 5.41) is 4.61.